The SMILES string of the molecule is O=c1c2ccccc2sn1CCN1CCCCC1. The maximum atomic E-state index is 12.2. The average molecular weight is 262 g/mol. The van der Waals surface area contributed by atoms with E-state index in [1.165, 1.54) is 32.4 Å². The second-order valence-electron chi connectivity index (χ2n) is 4.90. The topological polar surface area (TPSA) is 25.2 Å². The van der Waals surface area contributed by atoms with E-state index in [0.29, 0.717) is 0 Å². The van der Waals surface area contributed by atoms with Gasteiger partial charge in [-0.25, -0.2) is 0 Å². The van der Waals surface area contributed by atoms with Gasteiger partial charge in [-0.2, -0.15) is 0 Å². The van der Waals surface area contributed by atoms with Crippen molar-refractivity contribution in [2.45, 2.75) is 25.8 Å². The monoisotopic (exact) mass is 262 g/mol. The average Bonchev–Trinajstić information content (AvgIpc) is 2.75. The Morgan fingerprint density at radius 2 is 1.83 bits per heavy atom. The molecule has 1 aromatic carbocycles. The molecular formula is C14H18N2OS. The van der Waals surface area contributed by atoms with Crippen LogP contribution >= 0.6 is 11.5 Å². The lowest BCUT2D eigenvalue weighted by molar-refractivity contribution is 0.222. The van der Waals surface area contributed by atoms with Gasteiger partial charge in [0.2, 0.25) is 0 Å². The molecule has 4 heteroatoms. The summed E-state index contributed by atoms with van der Waals surface area (Å²) in [6.07, 6.45) is 3.97. The first-order chi connectivity index (χ1) is 8.84. The summed E-state index contributed by atoms with van der Waals surface area (Å²) in [5, 5.41) is 0.862. The maximum Gasteiger partial charge on any atom is 0.268 e. The zero-order valence-corrected chi connectivity index (χ0v) is 11.3. The predicted octanol–water partition coefficient (Wildman–Crippen LogP) is 2.55. The van der Waals surface area contributed by atoms with Crippen LogP contribution in [0.15, 0.2) is 29.1 Å². The predicted molar refractivity (Wildman–Crippen MR) is 76.4 cm³/mol. The minimum absolute atomic E-state index is 0.174. The first-order valence-corrected chi connectivity index (χ1v) is 7.43. The highest BCUT2D eigenvalue weighted by Crippen LogP contribution is 2.16. The third-order valence-corrected chi connectivity index (χ3v) is 4.74. The van der Waals surface area contributed by atoms with Crippen molar-refractivity contribution in [2.24, 2.45) is 0 Å². The van der Waals surface area contributed by atoms with Crippen LogP contribution in [-0.2, 0) is 6.54 Å². The Hall–Kier alpha value is -1.13. The quantitative estimate of drug-likeness (QED) is 0.849. The molecule has 96 valence electrons. The number of likely N-dealkylation sites (tertiary alicyclic amines) is 1. The number of fused-ring (bicyclic) bond motifs is 1. The molecule has 0 unspecified atom stereocenters. The number of hydrogen-bond donors (Lipinski definition) is 0. The van der Waals surface area contributed by atoms with Crippen LogP contribution in [0.1, 0.15) is 19.3 Å². The van der Waals surface area contributed by atoms with E-state index in [9.17, 15) is 4.79 Å². The van der Waals surface area contributed by atoms with E-state index in [2.05, 4.69) is 4.90 Å². The van der Waals surface area contributed by atoms with Gasteiger partial charge < -0.3 is 4.90 Å². The van der Waals surface area contributed by atoms with E-state index in [0.717, 1.165) is 23.2 Å². The molecule has 0 saturated carbocycles. The van der Waals surface area contributed by atoms with Gasteiger partial charge in [-0.3, -0.25) is 8.75 Å². The summed E-state index contributed by atoms with van der Waals surface area (Å²) in [6.45, 7) is 4.23. The van der Waals surface area contributed by atoms with Crippen LogP contribution in [0.5, 0.6) is 0 Å². The Morgan fingerprint density at radius 3 is 2.61 bits per heavy atom. The van der Waals surface area contributed by atoms with E-state index in [1.807, 2.05) is 28.2 Å². The number of rotatable bonds is 3. The van der Waals surface area contributed by atoms with Crippen LogP contribution in [0.3, 0.4) is 0 Å². The summed E-state index contributed by atoms with van der Waals surface area (Å²) in [5.74, 6) is 0. The Bertz CT molecular complexity index is 581. The summed E-state index contributed by atoms with van der Waals surface area (Å²) >= 11 is 1.59. The summed E-state index contributed by atoms with van der Waals surface area (Å²) in [7, 11) is 0. The minimum atomic E-state index is 0.174. The summed E-state index contributed by atoms with van der Waals surface area (Å²) in [5.41, 5.74) is 0.174. The molecule has 0 amide bonds. The van der Waals surface area contributed by atoms with E-state index in [-0.39, 0.29) is 5.56 Å². The van der Waals surface area contributed by atoms with Crippen LogP contribution in [0.25, 0.3) is 10.1 Å². The van der Waals surface area contributed by atoms with Crippen molar-refractivity contribution >= 4 is 21.6 Å². The van der Waals surface area contributed by atoms with Gasteiger partial charge in [-0.15, -0.1) is 0 Å². The van der Waals surface area contributed by atoms with Gasteiger partial charge in [0.25, 0.3) is 5.56 Å². The zero-order valence-electron chi connectivity index (χ0n) is 10.5. The molecule has 0 spiro atoms. The highest BCUT2D eigenvalue weighted by atomic mass is 32.1. The normalized spacial score (nSPS) is 17.3. The number of aromatic nitrogens is 1. The Balaban J connectivity index is 1.74. The Morgan fingerprint density at radius 1 is 1.06 bits per heavy atom. The van der Waals surface area contributed by atoms with Gasteiger partial charge in [0.15, 0.2) is 0 Å². The first kappa shape index (κ1) is 11.9. The lowest BCUT2D eigenvalue weighted by Gasteiger charge is -2.26. The fourth-order valence-corrected chi connectivity index (χ4v) is 3.56. The van der Waals surface area contributed by atoms with Crippen molar-refractivity contribution in [3.05, 3.63) is 34.6 Å². The first-order valence-electron chi connectivity index (χ1n) is 6.66. The van der Waals surface area contributed by atoms with Gasteiger partial charge in [0.05, 0.1) is 10.1 Å². The highest BCUT2D eigenvalue weighted by Gasteiger charge is 2.11. The zero-order chi connectivity index (χ0) is 12.4. The molecule has 0 N–H and O–H groups in total. The molecule has 1 fully saturated rings. The van der Waals surface area contributed by atoms with Gasteiger partial charge >= 0.3 is 0 Å². The maximum absolute atomic E-state index is 12.2. The molecule has 0 atom stereocenters. The minimum Gasteiger partial charge on any atom is -0.302 e. The lowest BCUT2D eigenvalue weighted by atomic mass is 10.1. The van der Waals surface area contributed by atoms with E-state index < -0.39 is 0 Å². The van der Waals surface area contributed by atoms with Crippen molar-refractivity contribution < 1.29 is 0 Å². The van der Waals surface area contributed by atoms with Gasteiger partial charge in [-0.05, 0) is 38.1 Å². The van der Waals surface area contributed by atoms with Crippen molar-refractivity contribution in [1.82, 2.24) is 8.86 Å². The van der Waals surface area contributed by atoms with Gasteiger partial charge in [0.1, 0.15) is 0 Å². The third kappa shape index (κ3) is 2.35. The van der Waals surface area contributed by atoms with Crippen molar-refractivity contribution in [3.63, 3.8) is 0 Å². The van der Waals surface area contributed by atoms with Crippen LogP contribution in [0.2, 0.25) is 0 Å². The number of nitrogens with zero attached hydrogens (tertiary/aromatic N) is 2. The highest BCUT2D eigenvalue weighted by molar-refractivity contribution is 7.13. The molecule has 1 aromatic heterocycles. The second kappa shape index (κ2) is 5.24. The Labute approximate surface area is 111 Å². The largest absolute Gasteiger partial charge is 0.302 e. The molecule has 3 nitrogen and oxygen atoms in total. The van der Waals surface area contributed by atoms with Crippen molar-refractivity contribution in [1.29, 1.82) is 0 Å². The smallest absolute Gasteiger partial charge is 0.268 e. The van der Waals surface area contributed by atoms with Gasteiger partial charge in [-0.1, -0.05) is 30.1 Å². The molecule has 2 heterocycles. The third-order valence-electron chi connectivity index (χ3n) is 3.62. The van der Waals surface area contributed by atoms with E-state index in [4.69, 9.17) is 0 Å². The fourth-order valence-electron chi connectivity index (χ4n) is 2.58. The van der Waals surface area contributed by atoms with Crippen LogP contribution in [-0.4, -0.2) is 28.5 Å². The number of benzene rings is 1. The number of piperidine rings is 1. The molecular weight excluding hydrogens is 244 g/mol. The van der Waals surface area contributed by atoms with Gasteiger partial charge in [0, 0.05) is 13.1 Å². The van der Waals surface area contributed by atoms with Crippen molar-refractivity contribution in [2.75, 3.05) is 19.6 Å². The molecule has 0 bridgehead atoms. The molecule has 1 aliphatic rings. The lowest BCUT2D eigenvalue weighted by Crippen LogP contribution is -2.33. The van der Waals surface area contributed by atoms with Crippen LogP contribution in [0, 0.1) is 0 Å². The molecule has 18 heavy (non-hydrogen) atoms. The summed E-state index contributed by atoms with van der Waals surface area (Å²) < 4.78 is 3.00. The van der Waals surface area contributed by atoms with Crippen molar-refractivity contribution in [3.8, 4) is 0 Å². The fraction of sp³-hybridized carbons (Fsp3) is 0.500. The number of hydrogen-bond acceptors (Lipinski definition) is 3. The molecule has 0 aliphatic carbocycles. The molecule has 2 aromatic rings. The molecule has 1 aliphatic heterocycles. The van der Waals surface area contributed by atoms with Crippen LogP contribution < -0.4 is 5.56 Å². The van der Waals surface area contributed by atoms with Crippen LogP contribution in [0.4, 0.5) is 0 Å². The second-order valence-corrected chi connectivity index (χ2v) is 5.96. The summed E-state index contributed by atoms with van der Waals surface area (Å²) in [4.78, 5) is 14.6. The standard InChI is InChI=1S/C14H18N2OS/c17-14-12-6-2-3-7-13(12)18-16(14)11-10-15-8-4-1-5-9-15/h2-3,6-7H,1,4-5,8-11H2. The van der Waals surface area contributed by atoms with E-state index >= 15 is 0 Å². The molecule has 3 rings (SSSR count). The molecule has 1 saturated heterocycles. The van der Waals surface area contributed by atoms with E-state index in [1.54, 1.807) is 11.5 Å². The molecule has 0 radical (unpaired) electrons. The Kier molecular flexibility index (Phi) is 3.48. The summed E-state index contributed by atoms with van der Waals surface area (Å²) in [6, 6.07) is 7.88.